The molecule has 3 aromatic rings. The average Bonchev–Trinajstić information content (AvgIpc) is 3.02. The molecule has 0 saturated heterocycles. The Hall–Kier alpha value is -2.70. The Morgan fingerprint density at radius 1 is 1.29 bits per heavy atom. The summed E-state index contributed by atoms with van der Waals surface area (Å²) in [6, 6.07) is 2.14. The van der Waals surface area contributed by atoms with E-state index in [0.717, 1.165) is 41.3 Å². The number of aryl methyl sites for hydroxylation is 4. The third kappa shape index (κ3) is 3.15. The molecular formula is C17H23N5O2. The Kier molecular flexibility index (Phi) is 5.33. The third-order valence-electron chi connectivity index (χ3n) is 4.02. The van der Waals surface area contributed by atoms with Crippen molar-refractivity contribution in [2.24, 2.45) is 7.05 Å². The zero-order valence-corrected chi connectivity index (χ0v) is 14.7. The molecule has 24 heavy (non-hydrogen) atoms. The van der Waals surface area contributed by atoms with E-state index in [0.29, 0.717) is 0 Å². The lowest BCUT2D eigenvalue weighted by atomic mass is 10.1. The van der Waals surface area contributed by atoms with Crippen molar-refractivity contribution in [3.63, 3.8) is 0 Å². The van der Waals surface area contributed by atoms with E-state index < -0.39 is 0 Å². The fourth-order valence-corrected chi connectivity index (χ4v) is 2.82. The molecule has 3 aromatic heterocycles. The van der Waals surface area contributed by atoms with Gasteiger partial charge >= 0.3 is 0 Å². The van der Waals surface area contributed by atoms with Gasteiger partial charge in [0.1, 0.15) is 0 Å². The number of hydrogen-bond donors (Lipinski definition) is 1. The Labute approximate surface area is 140 Å². The van der Waals surface area contributed by atoms with E-state index in [4.69, 9.17) is 14.9 Å². The highest BCUT2D eigenvalue weighted by Crippen LogP contribution is 2.28. The average molecular weight is 329 g/mol. The van der Waals surface area contributed by atoms with Gasteiger partial charge in [-0.05, 0) is 38.8 Å². The first-order chi connectivity index (χ1) is 11.4. The summed E-state index contributed by atoms with van der Waals surface area (Å²) in [6.45, 7) is 9.05. The molecular weight excluding hydrogens is 306 g/mol. The van der Waals surface area contributed by atoms with Gasteiger partial charge in [-0.3, -0.25) is 9.48 Å². The molecule has 0 atom stereocenters. The standard InChI is InChI=1S/C16H21N5.CH2O2/c1-6-7-21-16-15(11(3)19-21)10(2)8-14(18-16)13-9-17-20(5)12(13)4;2-1-3/h8-9H,6-7H2,1-5H3;1H,(H,2,3). The molecule has 7 nitrogen and oxygen atoms in total. The first-order valence-corrected chi connectivity index (χ1v) is 7.86. The quantitative estimate of drug-likeness (QED) is 0.747. The number of pyridine rings is 1. The Bertz CT molecular complexity index is 864. The Balaban J connectivity index is 0.000000647. The molecule has 0 saturated carbocycles. The fraction of sp³-hybridized carbons (Fsp3) is 0.412. The number of rotatable bonds is 3. The van der Waals surface area contributed by atoms with Crippen LogP contribution < -0.4 is 0 Å². The van der Waals surface area contributed by atoms with Crippen LogP contribution in [0, 0.1) is 20.8 Å². The van der Waals surface area contributed by atoms with Gasteiger partial charge in [-0.25, -0.2) is 9.67 Å². The monoisotopic (exact) mass is 329 g/mol. The lowest BCUT2D eigenvalue weighted by Gasteiger charge is -2.06. The number of nitrogens with zero attached hydrogens (tertiary/aromatic N) is 5. The van der Waals surface area contributed by atoms with E-state index in [1.54, 1.807) is 0 Å². The summed E-state index contributed by atoms with van der Waals surface area (Å²) in [5, 5.41) is 17.0. The summed E-state index contributed by atoms with van der Waals surface area (Å²) in [5.74, 6) is 0. The summed E-state index contributed by atoms with van der Waals surface area (Å²) in [5.41, 5.74) is 6.44. The van der Waals surface area contributed by atoms with Crippen molar-refractivity contribution in [3.8, 4) is 11.3 Å². The third-order valence-corrected chi connectivity index (χ3v) is 4.02. The highest BCUT2D eigenvalue weighted by atomic mass is 16.3. The molecule has 3 heterocycles. The first-order valence-electron chi connectivity index (χ1n) is 7.86. The smallest absolute Gasteiger partial charge is 0.290 e. The van der Waals surface area contributed by atoms with Crippen LogP contribution in [0.4, 0.5) is 0 Å². The molecule has 0 radical (unpaired) electrons. The van der Waals surface area contributed by atoms with Gasteiger partial charge in [-0.2, -0.15) is 10.2 Å². The minimum absolute atomic E-state index is 0.250. The molecule has 128 valence electrons. The van der Waals surface area contributed by atoms with E-state index in [-0.39, 0.29) is 6.47 Å². The minimum atomic E-state index is -0.250. The van der Waals surface area contributed by atoms with Gasteiger partial charge in [0.25, 0.3) is 6.47 Å². The van der Waals surface area contributed by atoms with Gasteiger partial charge in [0, 0.05) is 30.2 Å². The molecule has 0 aromatic carbocycles. The predicted octanol–water partition coefficient (Wildman–Crippen LogP) is 2.87. The molecule has 0 spiro atoms. The number of carboxylic acid groups (broad SMARTS) is 1. The minimum Gasteiger partial charge on any atom is -0.483 e. The summed E-state index contributed by atoms with van der Waals surface area (Å²) in [7, 11) is 1.95. The molecule has 0 aliphatic rings. The van der Waals surface area contributed by atoms with Crippen molar-refractivity contribution in [1.82, 2.24) is 24.5 Å². The molecule has 1 N–H and O–H groups in total. The van der Waals surface area contributed by atoms with E-state index in [2.05, 4.69) is 44.0 Å². The zero-order chi connectivity index (χ0) is 17.9. The Morgan fingerprint density at radius 2 is 1.96 bits per heavy atom. The van der Waals surface area contributed by atoms with Crippen LogP contribution >= 0.6 is 0 Å². The van der Waals surface area contributed by atoms with Gasteiger partial charge in [0.15, 0.2) is 5.65 Å². The topological polar surface area (TPSA) is 85.8 Å². The van der Waals surface area contributed by atoms with Crippen LogP contribution in [0.25, 0.3) is 22.3 Å². The number of hydrogen-bond acceptors (Lipinski definition) is 4. The van der Waals surface area contributed by atoms with Crippen molar-refractivity contribution in [3.05, 3.63) is 29.2 Å². The van der Waals surface area contributed by atoms with Crippen LogP contribution in [-0.2, 0) is 18.4 Å². The van der Waals surface area contributed by atoms with E-state index in [1.165, 1.54) is 10.9 Å². The molecule has 3 rings (SSSR count). The summed E-state index contributed by atoms with van der Waals surface area (Å²) in [6.07, 6.45) is 2.93. The maximum Gasteiger partial charge on any atom is 0.290 e. The van der Waals surface area contributed by atoms with Crippen LogP contribution in [-0.4, -0.2) is 36.1 Å². The molecule has 0 fully saturated rings. The maximum absolute atomic E-state index is 8.36. The van der Waals surface area contributed by atoms with Crippen LogP contribution in [0.5, 0.6) is 0 Å². The van der Waals surface area contributed by atoms with Crippen molar-refractivity contribution in [1.29, 1.82) is 0 Å². The molecule has 0 aliphatic carbocycles. The Morgan fingerprint density at radius 3 is 2.50 bits per heavy atom. The summed E-state index contributed by atoms with van der Waals surface area (Å²) >= 11 is 0. The largest absolute Gasteiger partial charge is 0.483 e. The van der Waals surface area contributed by atoms with Crippen LogP contribution in [0.2, 0.25) is 0 Å². The summed E-state index contributed by atoms with van der Waals surface area (Å²) in [4.78, 5) is 13.2. The van der Waals surface area contributed by atoms with Gasteiger partial charge in [0.2, 0.25) is 0 Å². The van der Waals surface area contributed by atoms with Gasteiger partial charge in [0.05, 0.1) is 17.6 Å². The highest BCUT2D eigenvalue weighted by Gasteiger charge is 2.15. The predicted molar refractivity (Wildman–Crippen MR) is 92.9 cm³/mol. The number of aromatic nitrogens is 5. The highest BCUT2D eigenvalue weighted by molar-refractivity contribution is 5.85. The van der Waals surface area contributed by atoms with Crippen molar-refractivity contribution >= 4 is 17.5 Å². The van der Waals surface area contributed by atoms with Crippen molar-refractivity contribution < 1.29 is 9.90 Å². The lowest BCUT2D eigenvalue weighted by Crippen LogP contribution is -2.01. The van der Waals surface area contributed by atoms with Crippen molar-refractivity contribution in [2.45, 2.75) is 40.7 Å². The van der Waals surface area contributed by atoms with E-state index >= 15 is 0 Å². The first kappa shape index (κ1) is 17.7. The van der Waals surface area contributed by atoms with Gasteiger partial charge < -0.3 is 5.11 Å². The SMILES string of the molecule is CCCn1nc(C)c2c(C)cc(-c3cnn(C)c3C)nc21.O=CO. The van der Waals surface area contributed by atoms with E-state index in [9.17, 15) is 0 Å². The normalized spacial score (nSPS) is 10.5. The summed E-state index contributed by atoms with van der Waals surface area (Å²) < 4.78 is 3.90. The molecule has 0 amide bonds. The maximum atomic E-state index is 8.36. The van der Waals surface area contributed by atoms with Crippen molar-refractivity contribution in [2.75, 3.05) is 0 Å². The van der Waals surface area contributed by atoms with Crippen LogP contribution in [0.1, 0.15) is 30.3 Å². The molecule has 0 aliphatic heterocycles. The fourth-order valence-electron chi connectivity index (χ4n) is 2.82. The van der Waals surface area contributed by atoms with E-state index in [1.807, 2.05) is 22.6 Å². The van der Waals surface area contributed by atoms with Crippen LogP contribution in [0.3, 0.4) is 0 Å². The number of carbonyl (C=O) groups is 1. The second-order valence-corrected chi connectivity index (χ2v) is 5.70. The van der Waals surface area contributed by atoms with Gasteiger partial charge in [-0.15, -0.1) is 0 Å². The molecule has 0 bridgehead atoms. The molecule has 0 unspecified atom stereocenters. The van der Waals surface area contributed by atoms with Gasteiger partial charge in [-0.1, -0.05) is 6.92 Å². The molecule has 7 heteroatoms. The van der Waals surface area contributed by atoms with Crippen LogP contribution in [0.15, 0.2) is 12.3 Å². The zero-order valence-electron chi connectivity index (χ0n) is 14.7. The second-order valence-electron chi connectivity index (χ2n) is 5.70. The lowest BCUT2D eigenvalue weighted by molar-refractivity contribution is -0.122. The number of fused-ring (bicyclic) bond motifs is 1. The second kappa shape index (κ2) is 7.25.